The predicted molar refractivity (Wildman–Crippen MR) is 133 cm³/mol. The molecular formula is C25H27N7O2. The Kier molecular flexibility index (Phi) is 5.75. The van der Waals surface area contributed by atoms with Gasteiger partial charge in [0, 0.05) is 49.9 Å². The third-order valence-electron chi connectivity index (χ3n) is 6.17. The van der Waals surface area contributed by atoms with Gasteiger partial charge >= 0.3 is 5.69 Å². The molecule has 174 valence electrons. The molecule has 1 N–H and O–H groups in total. The van der Waals surface area contributed by atoms with Gasteiger partial charge in [0.25, 0.3) is 0 Å². The van der Waals surface area contributed by atoms with Crippen molar-refractivity contribution in [2.75, 3.05) is 41.3 Å². The van der Waals surface area contributed by atoms with Gasteiger partial charge in [-0.15, -0.1) is 5.10 Å². The summed E-state index contributed by atoms with van der Waals surface area (Å²) in [5, 5.41) is 7.32. The first-order valence-electron chi connectivity index (χ1n) is 11.4. The summed E-state index contributed by atoms with van der Waals surface area (Å²) in [6, 6.07) is 16.1. The lowest BCUT2D eigenvalue weighted by molar-refractivity contribution is -0.117. The number of amides is 1. The van der Waals surface area contributed by atoms with E-state index in [1.54, 1.807) is 12.4 Å². The topological polar surface area (TPSA) is 87.8 Å². The number of aryl methyl sites for hydroxylation is 2. The molecule has 1 aliphatic heterocycles. The Bertz CT molecular complexity index is 1380. The highest BCUT2D eigenvalue weighted by molar-refractivity contribution is 5.91. The van der Waals surface area contributed by atoms with E-state index in [1.807, 2.05) is 31.2 Å². The highest BCUT2D eigenvalue weighted by Gasteiger charge is 2.23. The zero-order chi connectivity index (χ0) is 23.7. The van der Waals surface area contributed by atoms with Crippen LogP contribution in [0.15, 0.2) is 65.7 Å². The fourth-order valence-corrected chi connectivity index (χ4v) is 4.23. The standard InChI is InChI=1S/C25H27N7O2/c1-18-7-9-20(10-8-18)29-13-15-30(16-14-29)23-24-28-32(25(34)31(24)12-11-26-23)17-22(33)27-21-6-4-3-5-19(21)2/h3-12H,13-17H2,1-2H3,(H,27,33). The molecule has 5 rings (SSSR count). The Morgan fingerprint density at radius 3 is 2.41 bits per heavy atom. The second-order valence-electron chi connectivity index (χ2n) is 8.56. The molecule has 0 aliphatic carbocycles. The summed E-state index contributed by atoms with van der Waals surface area (Å²) in [4.78, 5) is 34.5. The van der Waals surface area contributed by atoms with Gasteiger partial charge in [0.2, 0.25) is 11.6 Å². The lowest BCUT2D eigenvalue weighted by Gasteiger charge is -2.36. The highest BCUT2D eigenvalue weighted by Crippen LogP contribution is 2.21. The van der Waals surface area contributed by atoms with Crippen molar-refractivity contribution in [2.45, 2.75) is 20.4 Å². The quantitative estimate of drug-likeness (QED) is 0.495. The van der Waals surface area contributed by atoms with Crippen molar-refractivity contribution in [1.29, 1.82) is 0 Å². The number of nitrogens with zero attached hydrogens (tertiary/aromatic N) is 6. The largest absolute Gasteiger partial charge is 0.368 e. The third-order valence-corrected chi connectivity index (χ3v) is 6.17. The van der Waals surface area contributed by atoms with Gasteiger partial charge in [-0.1, -0.05) is 35.9 Å². The maximum atomic E-state index is 12.9. The summed E-state index contributed by atoms with van der Waals surface area (Å²) in [7, 11) is 0. The monoisotopic (exact) mass is 457 g/mol. The molecule has 9 nitrogen and oxygen atoms in total. The van der Waals surface area contributed by atoms with Crippen LogP contribution in [0.3, 0.4) is 0 Å². The molecule has 1 saturated heterocycles. The molecule has 34 heavy (non-hydrogen) atoms. The van der Waals surface area contributed by atoms with Crippen molar-refractivity contribution in [3.63, 3.8) is 0 Å². The van der Waals surface area contributed by atoms with E-state index in [2.05, 4.69) is 56.4 Å². The Morgan fingerprint density at radius 1 is 0.971 bits per heavy atom. The van der Waals surface area contributed by atoms with Gasteiger partial charge < -0.3 is 15.1 Å². The fraction of sp³-hybridized carbons (Fsp3) is 0.280. The second kappa shape index (κ2) is 9.01. The number of hydrogen-bond acceptors (Lipinski definition) is 6. The molecule has 0 unspecified atom stereocenters. The lowest BCUT2D eigenvalue weighted by atomic mass is 10.2. The summed E-state index contributed by atoms with van der Waals surface area (Å²) in [6.45, 7) is 7.04. The number of hydrogen-bond donors (Lipinski definition) is 1. The first kappa shape index (κ1) is 21.7. The number of anilines is 3. The van der Waals surface area contributed by atoms with Crippen LogP contribution < -0.4 is 20.8 Å². The maximum Gasteiger partial charge on any atom is 0.350 e. The number of aromatic nitrogens is 4. The third kappa shape index (κ3) is 4.24. The van der Waals surface area contributed by atoms with E-state index in [4.69, 9.17) is 0 Å². The summed E-state index contributed by atoms with van der Waals surface area (Å²) in [6.07, 6.45) is 3.20. The minimum absolute atomic E-state index is 0.171. The van der Waals surface area contributed by atoms with Crippen LogP contribution in [0.25, 0.3) is 5.65 Å². The van der Waals surface area contributed by atoms with E-state index in [0.717, 1.165) is 37.4 Å². The minimum Gasteiger partial charge on any atom is -0.368 e. The van der Waals surface area contributed by atoms with Crippen molar-refractivity contribution in [1.82, 2.24) is 19.2 Å². The highest BCUT2D eigenvalue weighted by atomic mass is 16.2. The van der Waals surface area contributed by atoms with Crippen molar-refractivity contribution < 1.29 is 4.79 Å². The second-order valence-corrected chi connectivity index (χ2v) is 8.56. The van der Waals surface area contributed by atoms with E-state index in [0.29, 0.717) is 11.5 Å². The van der Waals surface area contributed by atoms with E-state index in [9.17, 15) is 9.59 Å². The normalized spacial score (nSPS) is 13.9. The van der Waals surface area contributed by atoms with Crippen molar-refractivity contribution in [3.8, 4) is 0 Å². The van der Waals surface area contributed by atoms with Gasteiger partial charge in [0.05, 0.1) is 0 Å². The maximum absolute atomic E-state index is 12.9. The predicted octanol–water partition coefficient (Wildman–Crippen LogP) is 2.47. The number of nitrogens with one attached hydrogen (secondary N) is 1. The van der Waals surface area contributed by atoms with Crippen LogP contribution in [0.2, 0.25) is 0 Å². The fourth-order valence-electron chi connectivity index (χ4n) is 4.23. The molecule has 1 aliphatic rings. The van der Waals surface area contributed by atoms with Crippen LogP contribution in [0.4, 0.5) is 17.2 Å². The molecule has 3 heterocycles. The molecular weight excluding hydrogens is 430 g/mol. The summed E-state index contributed by atoms with van der Waals surface area (Å²) >= 11 is 0. The molecule has 9 heteroatoms. The molecule has 0 spiro atoms. The zero-order valence-corrected chi connectivity index (χ0v) is 19.3. The Balaban J connectivity index is 1.33. The first-order valence-corrected chi connectivity index (χ1v) is 11.4. The smallest absolute Gasteiger partial charge is 0.350 e. The van der Waals surface area contributed by atoms with Gasteiger partial charge in [-0.05, 0) is 37.6 Å². The van der Waals surface area contributed by atoms with Gasteiger partial charge in [-0.25, -0.2) is 18.9 Å². The van der Waals surface area contributed by atoms with E-state index >= 15 is 0 Å². The number of carbonyl (C=O) groups is 1. The van der Waals surface area contributed by atoms with Gasteiger partial charge in [-0.2, -0.15) is 0 Å². The molecule has 4 aromatic rings. The Labute approximate surface area is 197 Å². The van der Waals surface area contributed by atoms with Crippen LogP contribution in [-0.2, 0) is 11.3 Å². The first-order chi connectivity index (χ1) is 16.5. The molecule has 1 fully saturated rings. The van der Waals surface area contributed by atoms with Crippen LogP contribution >= 0.6 is 0 Å². The summed E-state index contributed by atoms with van der Waals surface area (Å²) < 4.78 is 2.65. The van der Waals surface area contributed by atoms with Gasteiger partial charge in [0.1, 0.15) is 6.54 Å². The number of fused-ring (bicyclic) bond motifs is 1. The average Bonchev–Trinajstić information content (AvgIpc) is 3.16. The van der Waals surface area contributed by atoms with Crippen LogP contribution in [-0.4, -0.2) is 51.3 Å². The van der Waals surface area contributed by atoms with E-state index < -0.39 is 0 Å². The molecule has 1 amide bonds. The molecule has 2 aromatic carbocycles. The molecule has 0 bridgehead atoms. The van der Waals surface area contributed by atoms with Crippen molar-refractivity contribution >= 4 is 28.7 Å². The Morgan fingerprint density at radius 2 is 1.68 bits per heavy atom. The van der Waals surface area contributed by atoms with Gasteiger partial charge in [-0.3, -0.25) is 4.79 Å². The average molecular weight is 458 g/mol. The summed E-state index contributed by atoms with van der Waals surface area (Å²) in [5.41, 5.74) is 4.22. The van der Waals surface area contributed by atoms with E-state index in [-0.39, 0.29) is 18.1 Å². The number of para-hydroxylation sites is 1. The minimum atomic E-state index is -0.364. The molecule has 0 radical (unpaired) electrons. The van der Waals surface area contributed by atoms with Crippen molar-refractivity contribution in [2.24, 2.45) is 0 Å². The lowest BCUT2D eigenvalue weighted by Crippen LogP contribution is -2.47. The van der Waals surface area contributed by atoms with Crippen molar-refractivity contribution in [3.05, 3.63) is 82.5 Å². The SMILES string of the molecule is Cc1ccc(N2CCN(c3nccn4c(=O)n(CC(=O)Nc5ccccc5C)nc34)CC2)cc1. The van der Waals surface area contributed by atoms with Gasteiger partial charge in [0.15, 0.2) is 5.82 Å². The van der Waals surface area contributed by atoms with Crippen LogP contribution in [0, 0.1) is 13.8 Å². The summed E-state index contributed by atoms with van der Waals surface area (Å²) in [5.74, 6) is 0.349. The number of rotatable bonds is 5. The number of benzene rings is 2. The number of piperazine rings is 1. The number of carbonyl (C=O) groups excluding carboxylic acids is 1. The molecule has 0 atom stereocenters. The zero-order valence-electron chi connectivity index (χ0n) is 19.3. The molecule has 2 aromatic heterocycles. The van der Waals surface area contributed by atoms with Crippen LogP contribution in [0.1, 0.15) is 11.1 Å². The molecule has 0 saturated carbocycles. The van der Waals surface area contributed by atoms with Crippen LogP contribution in [0.5, 0.6) is 0 Å². The Hall–Kier alpha value is -4.14. The van der Waals surface area contributed by atoms with E-state index in [1.165, 1.54) is 20.3 Å².